The fourth-order valence-corrected chi connectivity index (χ4v) is 2.19. The summed E-state index contributed by atoms with van der Waals surface area (Å²) in [5.41, 5.74) is 2.59. The van der Waals surface area contributed by atoms with Crippen molar-refractivity contribution in [1.29, 1.82) is 0 Å². The number of ether oxygens (including phenoxy) is 1. The van der Waals surface area contributed by atoms with E-state index in [0.717, 1.165) is 29.6 Å². The van der Waals surface area contributed by atoms with Crippen molar-refractivity contribution in [1.82, 2.24) is 0 Å². The first-order chi connectivity index (χ1) is 9.86. The molecule has 0 bridgehead atoms. The van der Waals surface area contributed by atoms with Gasteiger partial charge in [0.15, 0.2) is 6.29 Å². The molecular formula is C18H20O2. The highest BCUT2D eigenvalue weighted by atomic mass is 16.5. The van der Waals surface area contributed by atoms with Gasteiger partial charge in [0.25, 0.3) is 0 Å². The maximum absolute atomic E-state index is 11.2. The van der Waals surface area contributed by atoms with Gasteiger partial charge in [0.05, 0.1) is 6.61 Å². The fraction of sp³-hybridized carbons (Fsp3) is 0.278. The van der Waals surface area contributed by atoms with E-state index in [1.165, 1.54) is 12.8 Å². The summed E-state index contributed by atoms with van der Waals surface area (Å²) in [5, 5.41) is 0. The summed E-state index contributed by atoms with van der Waals surface area (Å²) in [7, 11) is 0. The Labute approximate surface area is 120 Å². The van der Waals surface area contributed by atoms with Crippen LogP contribution in [0.1, 0.15) is 36.5 Å². The van der Waals surface area contributed by atoms with E-state index in [0.29, 0.717) is 12.2 Å². The minimum absolute atomic E-state index is 0.692. The molecule has 0 radical (unpaired) electrons. The lowest BCUT2D eigenvalue weighted by Gasteiger charge is -2.12. The molecule has 0 atom stereocenters. The Hall–Kier alpha value is -2.09. The average molecular weight is 268 g/mol. The van der Waals surface area contributed by atoms with Gasteiger partial charge in [0, 0.05) is 11.1 Å². The third kappa shape index (κ3) is 3.47. The van der Waals surface area contributed by atoms with E-state index in [9.17, 15) is 4.79 Å². The van der Waals surface area contributed by atoms with Gasteiger partial charge < -0.3 is 4.74 Å². The number of para-hydroxylation sites is 1. The van der Waals surface area contributed by atoms with Crippen molar-refractivity contribution in [3.8, 4) is 16.9 Å². The first kappa shape index (κ1) is 14.3. The highest BCUT2D eigenvalue weighted by Crippen LogP contribution is 2.31. The van der Waals surface area contributed by atoms with Crippen LogP contribution in [0.5, 0.6) is 5.75 Å². The molecule has 0 aromatic heterocycles. The standard InChI is InChI=1S/C18H20O2/c1-2-3-8-13-20-18-12-7-6-11-17(18)16-10-5-4-9-15(16)14-19/h4-7,9-12,14H,2-3,8,13H2,1H3. The van der Waals surface area contributed by atoms with Gasteiger partial charge in [0.1, 0.15) is 5.75 Å². The van der Waals surface area contributed by atoms with Crippen LogP contribution in [0.4, 0.5) is 0 Å². The van der Waals surface area contributed by atoms with Gasteiger partial charge in [-0.2, -0.15) is 0 Å². The van der Waals surface area contributed by atoms with E-state index < -0.39 is 0 Å². The zero-order chi connectivity index (χ0) is 14.2. The van der Waals surface area contributed by atoms with Crippen molar-refractivity contribution in [3.63, 3.8) is 0 Å². The van der Waals surface area contributed by atoms with Crippen LogP contribution in [-0.2, 0) is 0 Å². The van der Waals surface area contributed by atoms with Crippen LogP contribution in [0.15, 0.2) is 48.5 Å². The average Bonchev–Trinajstić information content (AvgIpc) is 2.52. The highest BCUT2D eigenvalue weighted by Gasteiger charge is 2.09. The molecule has 2 aromatic rings. The van der Waals surface area contributed by atoms with Gasteiger partial charge in [-0.25, -0.2) is 0 Å². The summed E-state index contributed by atoms with van der Waals surface area (Å²) < 4.78 is 5.88. The second-order valence-electron chi connectivity index (χ2n) is 4.76. The lowest BCUT2D eigenvalue weighted by Crippen LogP contribution is -1.99. The Bertz CT molecular complexity index is 561. The van der Waals surface area contributed by atoms with Crippen molar-refractivity contribution in [3.05, 3.63) is 54.1 Å². The number of hydrogen-bond donors (Lipinski definition) is 0. The second-order valence-corrected chi connectivity index (χ2v) is 4.76. The first-order valence-electron chi connectivity index (χ1n) is 7.13. The van der Waals surface area contributed by atoms with Crippen molar-refractivity contribution >= 4 is 6.29 Å². The minimum atomic E-state index is 0.692. The number of aldehydes is 1. The predicted molar refractivity (Wildman–Crippen MR) is 82.3 cm³/mol. The van der Waals surface area contributed by atoms with Crippen molar-refractivity contribution in [2.45, 2.75) is 26.2 Å². The molecule has 0 heterocycles. The van der Waals surface area contributed by atoms with Crippen molar-refractivity contribution < 1.29 is 9.53 Å². The van der Waals surface area contributed by atoms with Gasteiger partial charge in [-0.15, -0.1) is 0 Å². The van der Waals surface area contributed by atoms with Gasteiger partial charge >= 0.3 is 0 Å². The van der Waals surface area contributed by atoms with E-state index in [-0.39, 0.29) is 0 Å². The monoisotopic (exact) mass is 268 g/mol. The molecule has 0 aliphatic rings. The molecule has 104 valence electrons. The SMILES string of the molecule is CCCCCOc1ccccc1-c1ccccc1C=O. The first-order valence-corrected chi connectivity index (χ1v) is 7.13. The number of carbonyl (C=O) groups is 1. The molecule has 0 unspecified atom stereocenters. The van der Waals surface area contributed by atoms with E-state index >= 15 is 0 Å². The highest BCUT2D eigenvalue weighted by molar-refractivity contribution is 5.89. The smallest absolute Gasteiger partial charge is 0.150 e. The second kappa shape index (κ2) is 7.49. The molecule has 2 aromatic carbocycles. The van der Waals surface area contributed by atoms with E-state index in [1.807, 2.05) is 48.5 Å². The molecule has 0 amide bonds. The normalized spacial score (nSPS) is 10.2. The number of unbranched alkanes of at least 4 members (excludes halogenated alkanes) is 2. The van der Waals surface area contributed by atoms with E-state index in [2.05, 4.69) is 6.92 Å². The summed E-state index contributed by atoms with van der Waals surface area (Å²) in [4.78, 5) is 11.2. The van der Waals surface area contributed by atoms with Crippen molar-refractivity contribution in [2.75, 3.05) is 6.61 Å². The Morgan fingerprint density at radius 2 is 1.65 bits per heavy atom. The molecule has 2 rings (SSSR count). The lowest BCUT2D eigenvalue weighted by atomic mass is 9.99. The maximum atomic E-state index is 11.2. The van der Waals surface area contributed by atoms with Crippen LogP contribution in [-0.4, -0.2) is 12.9 Å². The molecule has 0 aliphatic carbocycles. The molecule has 20 heavy (non-hydrogen) atoms. The maximum Gasteiger partial charge on any atom is 0.150 e. The van der Waals surface area contributed by atoms with Crippen LogP contribution in [0.25, 0.3) is 11.1 Å². The number of carbonyl (C=O) groups excluding carboxylic acids is 1. The Morgan fingerprint density at radius 3 is 2.40 bits per heavy atom. The topological polar surface area (TPSA) is 26.3 Å². The lowest BCUT2D eigenvalue weighted by molar-refractivity contribution is 0.112. The largest absolute Gasteiger partial charge is 0.493 e. The van der Waals surface area contributed by atoms with E-state index in [4.69, 9.17) is 4.74 Å². The van der Waals surface area contributed by atoms with Gasteiger partial charge in [-0.1, -0.05) is 62.2 Å². The van der Waals surface area contributed by atoms with Gasteiger partial charge in [-0.05, 0) is 18.1 Å². The summed E-state index contributed by atoms with van der Waals surface area (Å²) in [5.74, 6) is 0.845. The quantitative estimate of drug-likeness (QED) is 0.535. The zero-order valence-electron chi connectivity index (χ0n) is 11.8. The predicted octanol–water partition coefficient (Wildman–Crippen LogP) is 4.74. The molecule has 0 saturated heterocycles. The summed E-state index contributed by atoms with van der Waals surface area (Å²) >= 11 is 0. The molecule has 2 nitrogen and oxygen atoms in total. The number of benzene rings is 2. The zero-order valence-corrected chi connectivity index (χ0v) is 11.8. The van der Waals surface area contributed by atoms with Crippen LogP contribution < -0.4 is 4.74 Å². The molecule has 2 heteroatoms. The van der Waals surface area contributed by atoms with Crippen LogP contribution >= 0.6 is 0 Å². The van der Waals surface area contributed by atoms with Crippen LogP contribution in [0.3, 0.4) is 0 Å². The third-order valence-corrected chi connectivity index (χ3v) is 3.27. The molecular weight excluding hydrogens is 248 g/mol. The Kier molecular flexibility index (Phi) is 5.36. The molecule has 0 N–H and O–H groups in total. The Morgan fingerprint density at radius 1 is 0.950 bits per heavy atom. The fourth-order valence-electron chi connectivity index (χ4n) is 2.19. The molecule has 0 aliphatic heterocycles. The van der Waals surface area contributed by atoms with E-state index in [1.54, 1.807) is 0 Å². The number of hydrogen-bond acceptors (Lipinski definition) is 2. The Balaban J connectivity index is 2.25. The summed E-state index contributed by atoms with van der Waals surface area (Å²) in [6, 6.07) is 15.5. The minimum Gasteiger partial charge on any atom is -0.493 e. The van der Waals surface area contributed by atoms with Gasteiger partial charge in [0.2, 0.25) is 0 Å². The van der Waals surface area contributed by atoms with Crippen LogP contribution in [0, 0.1) is 0 Å². The third-order valence-electron chi connectivity index (χ3n) is 3.27. The molecule has 0 fully saturated rings. The van der Waals surface area contributed by atoms with Crippen molar-refractivity contribution in [2.24, 2.45) is 0 Å². The van der Waals surface area contributed by atoms with Crippen LogP contribution in [0.2, 0.25) is 0 Å². The van der Waals surface area contributed by atoms with Gasteiger partial charge in [-0.3, -0.25) is 4.79 Å². The summed E-state index contributed by atoms with van der Waals surface area (Å²) in [6.07, 6.45) is 4.30. The number of rotatable bonds is 7. The summed E-state index contributed by atoms with van der Waals surface area (Å²) in [6.45, 7) is 2.89. The molecule has 0 saturated carbocycles. The molecule has 0 spiro atoms.